The Morgan fingerprint density at radius 3 is 1.56 bits per heavy atom. The molecule has 0 saturated carbocycles. The van der Waals surface area contributed by atoms with Gasteiger partial charge in [0.25, 0.3) is 0 Å². The second-order valence-electron chi connectivity index (χ2n) is 9.74. The summed E-state index contributed by atoms with van der Waals surface area (Å²) < 4.78 is 42.8. The molecule has 0 aliphatic heterocycles. The van der Waals surface area contributed by atoms with Crippen LogP contribution in [0.2, 0.25) is 0 Å². The van der Waals surface area contributed by atoms with Gasteiger partial charge in [0.15, 0.2) is 0 Å². The second kappa shape index (κ2) is 8.72. The van der Waals surface area contributed by atoms with Crippen molar-refractivity contribution in [3.8, 4) is 33.4 Å². The lowest BCUT2D eigenvalue weighted by Crippen LogP contribution is -1.91. The highest BCUT2D eigenvalue weighted by Gasteiger charge is 2.19. The molecular formula is C38H24O. The molecule has 0 N–H and O–H groups in total. The number of benzene rings is 7. The summed E-state index contributed by atoms with van der Waals surface area (Å²) in [5.74, 6) is 0. The van der Waals surface area contributed by atoms with Gasteiger partial charge in [0, 0.05) is 21.9 Å². The topological polar surface area (TPSA) is 13.1 Å². The van der Waals surface area contributed by atoms with Crippen molar-refractivity contribution in [2.24, 2.45) is 0 Å². The van der Waals surface area contributed by atoms with E-state index in [0.717, 1.165) is 54.6 Å². The first-order valence-electron chi connectivity index (χ1n) is 15.0. The Morgan fingerprint density at radius 1 is 0.385 bits per heavy atom. The van der Waals surface area contributed by atoms with Crippen LogP contribution in [0.25, 0.3) is 76.9 Å². The third kappa shape index (κ3) is 3.41. The Morgan fingerprint density at radius 2 is 0.897 bits per heavy atom. The van der Waals surface area contributed by atoms with Gasteiger partial charge in [0.05, 0.1) is 5.48 Å². The predicted octanol–water partition coefficient (Wildman–Crippen LogP) is 10.9. The lowest BCUT2D eigenvalue weighted by molar-refractivity contribution is 0.670. The van der Waals surface area contributed by atoms with E-state index in [1.807, 2.05) is 84.9 Å². The number of fused-ring (bicyclic) bond motifs is 5. The fourth-order valence-electron chi connectivity index (χ4n) is 5.82. The van der Waals surface area contributed by atoms with Gasteiger partial charge in [-0.05, 0) is 49.9 Å². The molecule has 8 rings (SSSR count). The summed E-state index contributed by atoms with van der Waals surface area (Å²) in [4.78, 5) is 0. The maximum atomic E-state index is 9.19. The van der Waals surface area contributed by atoms with Crippen LogP contribution in [0.5, 0.6) is 0 Å². The van der Waals surface area contributed by atoms with E-state index >= 15 is 0 Å². The van der Waals surface area contributed by atoms with Gasteiger partial charge in [-0.1, -0.05) is 139 Å². The quantitative estimate of drug-likeness (QED) is 0.220. The summed E-state index contributed by atoms with van der Waals surface area (Å²) in [6, 6.07) is 39.4. The Hall–Kier alpha value is -5.14. The molecule has 8 aromatic rings. The lowest BCUT2D eigenvalue weighted by Gasteiger charge is -2.18. The van der Waals surface area contributed by atoms with Crippen molar-refractivity contribution in [2.45, 2.75) is 0 Å². The van der Waals surface area contributed by atoms with Crippen LogP contribution in [0.1, 0.15) is 5.48 Å². The zero-order valence-corrected chi connectivity index (χ0v) is 21.0. The summed E-state index contributed by atoms with van der Waals surface area (Å²) >= 11 is 0. The third-order valence-electron chi connectivity index (χ3n) is 7.54. The molecular weight excluding hydrogens is 472 g/mol. The van der Waals surface area contributed by atoms with E-state index in [1.165, 1.54) is 0 Å². The van der Waals surface area contributed by atoms with Gasteiger partial charge in [-0.15, -0.1) is 0 Å². The average molecular weight is 501 g/mol. The smallest absolute Gasteiger partial charge is 0.143 e. The predicted molar refractivity (Wildman–Crippen MR) is 165 cm³/mol. The van der Waals surface area contributed by atoms with Crippen molar-refractivity contribution in [1.82, 2.24) is 0 Å². The summed E-state index contributed by atoms with van der Waals surface area (Å²) in [6.45, 7) is 0. The zero-order chi connectivity index (χ0) is 29.2. The maximum absolute atomic E-state index is 9.19. The molecule has 1 aromatic heterocycles. The molecule has 39 heavy (non-hydrogen) atoms. The summed E-state index contributed by atoms with van der Waals surface area (Å²) in [5, 5.41) is 5.73. The van der Waals surface area contributed by atoms with E-state index in [2.05, 4.69) is 36.4 Å². The van der Waals surface area contributed by atoms with Crippen LogP contribution >= 0.6 is 0 Å². The molecule has 0 aliphatic rings. The standard InChI is InChI=1S/C38H24O/c1-2-11-25(12-3-1)26-21-23-27(24-22-26)36-29-14-4-6-16-31(29)37(32-17-7-5-15-30(32)36)34-19-10-18-33-28-13-8-9-20-35(28)39-38(33)34/h1-24H/i21D,22D,23D,24D. The molecule has 0 fully saturated rings. The summed E-state index contributed by atoms with van der Waals surface area (Å²) in [7, 11) is 0. The van der Waals surface area contributed by atoms with Crippen LogP contribution in [0.3, 0.4) is 0 Å². The fourth-order valence-corrected chi connectivity index (χ4v) is 5.82. The molecule has 0 atom stereocenters. The van der Waals surface area contributed by atoms with Crippen LogP contribution < -0.4 is 0 Å². The van der Waals surface area contributed by atoms with Crippen LogP contribution in [-0.2, 0) is 0 Å². The molecule has 0 aliphatic carbocycles. The minimum absolute atomic E-state index is 0.0496. The first kappa shape index (κ1) is 18.2. The van der Waals surface area contributed by atoms with E-state index in [0.29, 0.717) is 22.3 Å². The maximum Gasteiger partial charge on any atom is 0.143 e. The van der Waals surface area contributed by atoms with Crippen LogP contribution in [0.15, 0.2) is 150 Å². The minimum atomic E-state index is -0.0534. The molecule has 0 saturated heterocycles. The van der Waals surface area contributed by atoms with E-state index in [1.54, 1.807) is 0 Å². The van der Waals surface area contributed by atoms with Crippen LogP contribution in [-0.4, -0.2) is 0 Å². The minimum Gasteiger partial charge on any atom is -0.455 e. The van der Waals surface area contributed by atoms with Crippen molar-refractivity contribution in [2.75, 3.05) is 0 Å². The highest BCUT2D eigenvalue weighted by Crippen LogP contribution is 2.46. The largest absolute Gasteiger partial charge is 0.455 e. The molecule has 7 aromatic carbocycles. The Balaban J connectivity index is 1.51. The molecule has 0 unspecified atom stereocenters. The van der Waals surface area contributed by atoms with E-state index in [4.69, 9.17) is 7.16 Å². The first-order valence-corrected chi connectivity index (χ1v) is 13.0. The van der Waals surface area contributed by atoms with Crippen LogP contribution in [0, 0.1) is 0 Å². The fraction of sp³-hybridized carbons (Fsp3) is 0. The zero-order valence-electron chi connectivity index (χ0n) is 25.0. The molecule has 0 spiro atoms. The lowest BCUT2D eigenvalue weighted by atomic mass is 9.85. The van der Waals surface area contributed by atoms with Crippen molar-refractivity contribution in [3.63, 3.8) is 0 Å². The number of hydrogen-bond donors (Lipinski definition) is 0. The Bertz CT molecular complexity index is 2300. The van der Waals surface area contributed by atoms with Crippen LogP contribution in [0.4, 0.5) is 0 Å². The van der Waals surface area contributed by atoms with Gasteiger partial charge in [0.2, 0.25) is 0 Å². The Kier molecular flexibility index (Phi) is 4.06. The monoisotopic (exact) mass is 500 g/mol. The molecule has 0 amide bonds. The van der Waals surface area contributed by atoms with Gasteiger partial charge < -0.3 is 4.42 Å². The number of para-hydroxylation sites is 2. The first-order chi connectivity index (χ1) is 21.0. The highest BCUT2D eigenvalue weighted by atomic mass is 16.3. The van der Waals surface area contributed by atoms with Gasteiger partial charge in [-0.3, -0.25) is 0 Å². The van der Waals surface area contributed by atoms with Crippen molar-refractivity contribution in [3.05, 3.63) is 145 Å². The molecule has 1 nitrogen and oxygen atoms in total. The normalized spacial score (nSPS) is 13.0. The van der Waals surface area contributed by atoms with Gasteiger partial charge >= 0.3 is 0 Å². The highest BCUT2D eigenvalue weighted by molar-refractivity contribution is 6.24. The molecule has 1 heteroatoms. The van der Waals surface area contributed by atoms with E-state index in [-0.39, 0.29) is 24.2 Å². The summed E-state index contributed by atoms with van der Waals surface area (Å²) in [6.07, 6.45) is 0. The molecule has 182 valence electrons. The van der Waals surface area contributed by atoms with Crippen molar-refractivity contribution < 1.29 is 9.90 Å². The van der Waals surface area contributed by atoms with Crippen molar-refractivity contribution >= 4 is 43.5 Å². The van der Waals surface area contributed by atoms with Gasteiger partial charge in [-0.25, -0.2) is 0 Å². The average Bonchev–Trinajstić information content (AvgIpc) is 3.43. The van der Waals surface area contributed by atoms with Crippen molar-refractivity contribution in [1.29, 1.82) is 0 Å². The molecule has 0 bridgehead atoms. The molecule has 1 heterocycles. The third-order valence-corrected chi connectivity index (χ3v) is 7.54. The summed E-state index contributed by atoms with van der Waals surface area (Å²) in [5.41, 5.74) is 5.58. The van der Waals surface area contributed by atoms with E-state index < -0.39 is 0 Å². The SMILES string of the molecule is [2H]c1c([2H])c(-c2c3ccccc3c(-c3cccc4c3oc3ccccc34)c3ccccc23)c([2H])c([2H])c1-c1ccccc1. The Labute approximate surface area is 232 Å². The number of hydrogen-bond acceptors (Lipinski definition) is 1. The van der Waals surface area contributed by atoms with Gasteiger partial charge in [0.1, 0.15) is 11.2 Å². The number of furan rings is 1. The molecule has 0 radical (unpaired) electrons. The van der Waals surface area contributed by atoms with E-state index in [9.17, 15) is 2.74 Å². The number of rotatable bonds is 3. The van der Waals surface area contributed by atoms with Gasteiger partial charge in [-0.2, -0.15) is 0 Å². The second-order valence-corrected chi connectivity index (χ2v) is 9.74.